The predicted molar refractivity (Wildman–Crippen MR) is 112 cm³/mol. The molecule has 1 aliphatic heterocycles. The molecule has 152 valence electrons. The third-order valence-electron chi connectivity index (χ3n) is 5.29. The maximum absolute atomic E-state index is 13.3. The number of hydrogen-bond acceptors (Lipinski definition) is 7. The van der Waals surface area contributed by atoms with Crippen molar-refractivity contribution in [2.75, 3.05) is 20.1 Å². The van der Waals surface area contributed by atoms with Gasteiger partial charge in [0, 0.05) is 26.3 Å². The van der Waals surface area contributed by atoms with Crippen molar-refractivity contribution in [1.29, 1.82) is 0 Å². The van der Waals surface area contributed by atoms with E-state index in [4.69, 9.17) is 11.6 Å². The average Bonchev–Trinajstić information content (AvgIpc) is 3.08. The molecule has 1 atom stereocenters. The van der Waals surface area contributed by atoms with E-state index in [1.807, 2.05) is 0 Å². The van der Waals surface area contributed by atoms with E-state index in [0.29, 0.717) is 18.0 Å². The average molecular weight is 415 g/mol. The van der Waals surface area contributed by atoms with Crippen LogP contribution in [0.2, 0.25) is 0 Å². The summed E-state index contributed by atoms with van der Waals surface area (Å²) in [6, 6.07) is 6.24. The summed E-state index contributed by atoms with van der Waals surface area (Å²) in [5.41, 5.74) is 9.28. The Balaban J connectivity index is 1.62. The molecule has 1 unspecified atom stereocenters. The van der Waals surface area contributed by atoms with Gasteiger partial charge in [-0.1, -0.05) is 5.57 Å². The van der Waals surface area contributed by atoms with E-state index in [1.54, 1.807) is 36.3 Å². The zero-order valence-electron chi connectivity index (χ0n) is 16.1. The van der Waals surface area contributed by atoms with E-state index in [2.05, 4.69) is 15.5 Å². The van der Waals surface area contributed by atoms with Gasteiger partial charge in [0.05, 0.1) is 28.0 Å². The Kier molecular flexibility index (Phi) is 5.20. The second kappa shape index (κ2) is 7.66. The highest BCUT2D eigenvalue weighted by Gasteiger charge is 2.43. The second-order valence-corrected chi connectivity index (χ2v) is 8.64. The quantitative estimate of drug-likeness (QED) is 0.335. The van der Waals surface area contributed by atoms with Crippen LogP contribution in [0.25, 0.3) is 11.8 Å². The van der Waals surface area contributed by atoms with E-state index < -0.39 is 5.41 Å². The number of fused-ring (bicyclic) bond motifs is 2. The molecular formula is C20H23FN6OS. The topological polar surface area (TPSA) is 93.4 Å². The first-order valence-corrected chi connectivity index (χ1v) is 10.1. The summed E-state index contributed by atoms with van der Waals surface area (Å²) >= 11 is 1.41. The Labute approximate surface area is 172 Å². The highest BCUT2D eigenvalue weighted by atomic mass is 32.2. The molecule has 1 aliphatic carbocycles. The number of carbonyl (C=O) groups excluding carboxylic acids is 1. The summed E-state index contributed by atoms with van der Waals surface area (Å²) in [4.78, 5) is 12.2. The number of hydrogen-bond donors (Lipinski definition) is 2. The molecule has 1 aromatic carbocycles. The summed E-state index contributed by atoms with van der Waals surface area (Å²) in [5, 5.41) is 6.47. The molecule has 7 nitrogen and oxygen atoms in total. The Bertz CT molecular complexity index is 983. The van der Waals surface area contributed by atoms with Gasteiger partial charge in [-0.3, -0.25) is 0 Å². The molecule has 1 saturated heterocycles. The first kappa shape index (κ1) is 19.7. The molecule has 9 heteroatoms. The number of carbonyl (C=O) groups is 1. The van der Waals surface area contributed by atoms with Gasteiger partial charge in [0.25, 0.3) is 0 Å². The van der Waals surface area contributed by atoms with Crippen molar-refractivity contribution in [3.05, 3.63) is 64.3 Å². The molecule has 2 aromatic rings. The van der Waals surface area contributed by atoms with Gasteiger partial charge < -0.3 is 15.5 Å². The number of hydrazine groups is 1. The van der Waals surface area contributed by atoms with E-state index in [1.165, 1.54) is 29.1 Å². The van der Waals surface area contributed by atoms with Gasteiger partial charge in [-0.2, -0.15) is 5.10 Å². The Hall–Kier alpha value is -2.62. The molecular weight excluding hydrogens is 391 g/mol. The molecule has 1 aromatic heterocycles. The van der Waals surface area contributed by atoms with Gasteiger partial charge in [0.2, 0.25) is 0 Å². The van der Waals surface area contributed by atoms with Crippen LogP contribution in [-0.4, -0.2) is 45.5 Å². The molecule has 4 rings (SSSR count). The normalized spacial score (nSPS) is 21.9. The van der Waals surface area contributed by atoms with E-state index in [9.17, 15) is 9.18 Å². The van der Waals surface area contributed by atoms with Gasteiger partial charge in [-0.15, -0.1) is 0 Å². The zero-order chi connectivity index (χ0) is 20.6. The second-order valence-electron chi connectivity index (χ2n) is 7.47. The van der Waals surface area contributed by atoms with Crippen LogP contribution in [0.1, 0.15) is 17.7 Å². The molecule has 4 N–H and O–H groups in total. The standard InChI is InChI=1S/C20H23FN6OS/c1-25(23)11-19(22)29-26-7-6-15-8-18-14(9-20(15,12-26)13-28)10-24-27(18)17-4-2-16(21)3-5-17/h2-5,8,10-11,13H,6-7,9,12,22-23H2,1H3/b19-11+. The number of benzene rings is 1. The third kappa shape index (κ3) is 3.81. The van der Waals surface area contributed by atoms with Gasteiger partial charge in [0.15, 0.2) is 0 Å². The van der Waals surface area contributed by atoms with Crippen molar-refractivity contribution in [3.63, 3.8) is 0 Å². The Morgan fingerprint density at radius 1 is 1.38 bits per heavy atom. The largest absolute Gasteiger partial charge is 0.391 e. The fraction of sp³-hybridized carbons (Fsp3) is 0.300. The molecule has 1 fully saturated rings. The first-order valence-electron chi connectivity index (χ1n) is 9.28. The minimum absolute atomic E-state index is 0.285. The number of aldehydes is 1. The third-order valence-corrected chi connectivity index (χ3v) is 6.18. The summed E-state index contributed by atoms with van der Waals surface area (Å²) < 4.78 is 17.2. The number of nitrogens with zero attached hydrogens (tertiary/aromatic N) is 4. The fourth-order valence-corrected chi connectivity index (χ4v) is 4.94. The minimum Gasteiger partial charge on any atom is -0.391 e. The lowest BCUT2D eigenvalue weighted by Crippen LogP contribution is -2.45. The molecule has 29 heavy (non-hydrogen) atoms. The van der Waals surface area contributed by atoms with Crippen molar-refractivity contribution in [2.24, 2.45) is 17.0 Å². The lowest BCUT2D eigenvalue weighted by molar-refractivity contribution is -0.115. The molecule has 2 aliphatic rings. The Morgan fingerprint density at radius 2 is 2.14 bits per heavy atom. The van der Waals surface area contributed by atoms with Crippen LogP contribution in [0.5, 0.6) is 0 Å². The van der Waals surface area contributed by atoms with Gasteiger partial charge in [-0.25, -0.2) is 19.2 Å². The first-order chi connectivity index (χ1) is 13.9. The van der Waals surface area contributed by atoms with E-state index in [0.717, 1.165) is 41.8 Å². The molecule has 0 saturated carbocycles. The number of piperidine rings is 1. The number of rotatable bonds is 5. The van der Waals surface area contributed by atoms with E-state index >= 15 is 0 Å². The van der Waals surface area contributed by atoms with Crippen LogP contribution >= 0.6 is 11.9 Å². The van der Waals surface area contributed by atoms with Gasteiger partial charge in [0.1, 0.15) is 12.1 Å². The van der Waals surface area contributed by atoms with Crippen molar-refractivity contribution >= 4 is 24.3 Å². The van der Waals surface area contributed by atoms with Crippen molar-refractivity contribution in [2.45, 2.75) is 12.8 Å². The Morgan fingerprint density at radius 3 is 2.83 bits per heavy atom. The predicted octanol–water partition coefficient (Wildman–Crippen LogP) is 2.05. The summed E-state index contributed by atoms with van der Waals surface area (Å²) in [5.74, 6) is 5.33. The van der Waals surface area contributed by atoms with Gasteiger partial charge in [-0.05, 0) is 60.7 Å². The smallest absolute Gasteiger partial charge is 0.131 e. The van der Waals surface area contributed by atoms with Crippen molar-refractivity contribution < 1.29 is 9.18 Å². The van der Waals surface area contributed by atoms with Crippen LogP contribution < -0.4 is 11.6 Å². The fourth-order valence-electron chi connectivity index (χ4n) is 3.96. The molecule has 0 bridgehead atoms. The molecule has 0 amide bonds. The summed E-state index contributed by atoms with van der Waals surface area (Å²) in [7, 11) is 1.71. The number of aromatic nitrogens is 2. The van der Waals surface area contributed by atoms with Crippen LogP contribution in [-0.2, 0) is 11.2 Å². The molecule has 0 radical (unpaired) electrons. The monoisotopic (exact) mass is 414 g/mol. The number of halogens is 1. The lowest BCUT2D eigenvalue weighted by atomic mass is 9.70. The summed E-state index contributed by atoms with van der Waals surface area (Å²) in [6.45, 7) is 1.34. The highest BCUT2D eigenvalue weighted by Crippen LogP contribution is 2.44. The van der Waals surface area contributed by atoms with Crippen molar-refractivity contribution in [3.8, 4) is 5.69 Å². The van der Waals surface area contributed by atoms with Crippen LogP contribution in [0.15, 0.2) is 47.3 Å². The minimum atomic E-state index is -0.593. The zero-order valence-corrected chi connectivity index (χ0v) is 16.9. The van der Waals surface area contributed by atoms with Gasteiger partial charge >= 0.3 is 0 Å². The summed E-state index contributed by atoms with van der Waals surface area (Å²) in [6.07, 6.45) is 7.90. The van der Waals surface area contributed by atoms with Crippen molar-refractivity contribution in [1.82, 2.24) is 19.1 Å². The molecule has 0 spiro atoms. The maximum Gasteiger partial charge on any atom is 0.131 e. The van der Waals surface area contributed by atoms with Crippen LogP contribution in [0, 0.1) is 11.2 Å². The maximum atomic E-state index is 13.3. The highest BCUT2D eigenvalue weighted by molar-refractivity contribution is 8.00. The van der Waals surface area contributed by atoms with Crippen LogP contribution in [0.4, 0.5) is 4.39 Å². The SMILES string of the molecule is CN(N)/C=C(\N)SN1CCC2=Cc3c(cnn3-c3ccc(F)cc3)CC2(C=O)C1. The molecule has 2 heterocycles. The van der Waals surface area contributed by atoms with E-state index in [-0.39, 0.29) is 5.82 Å². The number of nitrogens with two attached hydrogens (primary N) is 2. The van der Waals surface area contributed by atoms with Crippen LogP contribution in [0.3, 0.4) is 0 Å². The lowest BCUT2D eigenvalue weighted by Gasteiger charge is -2.42.